The van der Waals surface area contributed by atoms with Crippen LogP contribution in [0.1, 0.15) is 11.1 Å². The van der Waals surface area contributed by atoms with Gasteiger partial charge in [-0.3, -0.25) is 0 Å². The van der Waals surface area contributed by atoms with Crippen LogP contribution < -0.4 is 0 Å². The van der Waals surface area contributed by atoms with Gasteiger partial charge in [0.2, 0.25) is 0 Å². The smallest absolute Gasteiger partial charge is 0.0622 e. The Morgan fingerprint density at radius 1 is 0.800 bits per heavy atom. The van der Waals surface area contributed by atoms with Crippen molar-refractivity contribution < 1.29 is 0 Å². The average Bonchev–Trinajstić information content (AvgIpc) is 2.31. The fraction of sp³-hybridized carbons (Fsp3) is 0. The van der Waals surface area contributed by atoms with E-state index in [1.165, 1.54) is 11.1 Å². The molecule has 1 heteroatoms. The first-order valence-corrected chi connectivity index (χ1v) is 5.40. The molecule has 0 bridgehead atoms. The third kappa shape index (κ3) is 2.67. The van der Waals surface area contributed by atoms with Gasteiger partial charge in [0.05, 0.1) is 10.2 Å². The van der Waals surface area contributed by atoms with E-state index in [9.17, 15) is 0 Å². The predicted octanol–water partition coefficient (Wildman–Crippen LogP) is 3.35. The van der Waals surface area contributed by atoms with E-state index in [4.69, 9.17) is 0 Å². The van der Waals surface area contributed by atoms with Crippen LogP contribution in [0, 0.1) is 0 Å². The normalized spacial score (nSPS) is 11.4. The Bertz CT molecular complexity index is 443. The highest BCUT2D eigenvalue weighted by atomic mass is 28.1. The summed E-state index contributed by atoms with van der Waals surface area (Å²) in [5, 5.41) is 1.10. The molecule has 0 saturated carbocycles. The maximum atomic E-state index is 3.64. The monoisotopic (exact) mass is 207 g/mol. The van der Waals surface area contributed by atoms with Gasteiger partial charge in [-0.05, 0) is 11.1 Å². The van der Waals surface area contributed by atoms with Crippen LogP contribution in [0.25, 0.3) is 11.3 Å². The van der Waals surface area contributed by atoms with Crippen LogP contribution in [0.5, 0.6) is 0 Å². The zero-order chi connectivity index (χ0) is 10.5. The van der Waals surface area contributed by atoms with Crippen molar-refractivity contribution in [3.8, 4) is 0 Å². The Hall–Kier alpha value is -1.60. The first-order chi connectivity index (χ1) is 7.36. The van der Waals surface area contributed by atoms with Crippen molar-refractivity contribution in [1.82, 2.24) is 0 Å². The minimum absolute atomic E-state index is 1.10. The van der Waals surface area contributed by atoms with E-state index in [0.29, 0.717) is 0 Å². The first-order valence-electron chi connectivity index (χ1n) is 4.90. The van der Waals surface area contributed by atoms with Gasteiger partial charge in [-0.25, -0.2) is 0 Å². The van der Waals surface area contributed by atoms with E-state index in [1.807, 2.05) is 36.4 Å². The van der Waals surface area contributed by atoms with Gasteiger partial charge in [0.1, 0.15) is 0 Å². The Labute approximate surface area is 93.7 Å². The molecule has 2 aromatic carbocycles. The Morgan fingerprint density at radius 3 is 1.93 bits per heavy atom. The standard InChI is InChI=1S/C14H11Si/c15-14(13-9-5-2-6-10-13)11-12-7-3-1-4-8-12/h1-11H. The summed E-state index contributed by atoms with van der Waals surface area (Å²) in [7, 11) is 3.64. The van der Waals surface area contributed by atoms with Gasteiger partial charge >= 0.3 is 0 Å². The molecule has 2 rings (SSSR count). The highest BCUT2D eigenvalue weighted by Crippen LogP contribution is 2.14. The predicted molar refractivity (Wildman–Crippen MR) is 66.5 cm³/mol. The van der Waals surface area contributed by atoms with Crippen molar-refractivity contribution in [2.45, 2.75) is 0 Å². The summed E-state index contributed by atoms with van der Waals surface area (Å²) in [5.74, 6) is 0. The molecule has 0 nitrogen and oxygen atoms in total. The average molecular weight is 207 g/mol. The van der Waals surface area contributed by atoms with E-state index < -0.39 is 0 Å². The fourth-order valence-corrected chi connectivity index (χ4v) is 1.75. The molecule has 0 saturated heterocycles. The molecule has 0 spiro atoms. The number of hydrogen-bond donors (Lipinski definition) is 0. The molecule has 0 heterocycles. The second-order valence-electron chi connectivity index (χ2n) is 3.33. The molecule has 71 valence electrons. The second kappa shape index (κ2) is 4.76. The summed E-state index contributed by atoms with van der Waals surface area (Å²) < 4.78 is 0. The first kappa shape index (κ1) is 9.93. The maximum absolute atomic E-state index is 3.64. The highest BCUT2D eigenvalue weighted by molar-refractivity contribution is 6.45. The molecule has 0 aromatic heterocycles. The highest BCUT2D eigenvalue weighted by Gasteiger charge is 1.93. The van der Waals surface area contributed by atoms with Crippen molar-refractivity contribution in [2.24, 2.45) is 0 Å². The van der Waals surface area contributed by atoms with Gasteiger partial charge in [0, 0.05) is 0 Å². The van der Waals surface area contributed by atoms with Gasteiger partial charge in [-0.1, -0.05) is 71.9 Å². The summed E-state index contributed by atoms with van der Waals surface area (Å²) >= 11 is 0. The van der Waals surface area contributed by atoms with Crippen LogP contribution in [0.4, 0.5) is 0 Å². The van der Waals surface area contributed by atoms with E-state index in [1.54, 1.807) is 0 Å². The molecule has 0 aliphatic carbocycles. The topological polar surface area (TPSA) is 0 Å². The third-order valence-electron chi connectivity index (χ3n) is 2.20. The van der Waals surface area contributed by atoms with Crippen LogP contribution in [0.3, 0.4) is 0 Å². The minimum atomic E-state index is 1.10. The molecule has 0 fully saturated rings. The molecule has 2 aromatic rings. The molecule has 3 radical (unpaired) electrons. The quantitative estimate of drug-likeness (QED) is 0.523. The lowest BCUT2D eigenvalue weighted by Crippen LogP contribution is -1.82. The summed E-state index contributed by atoms with van der Waals surface area (Å²) in [6.07, 6.45) is 2.12. The van der Waals surface area contributed by atoms with Crippen molar-refractivity contribution in [2.75, 3.05) is 0 Å². The molecular formula is C14H11Si. The van der Waals surface area contributed by atoms with E-state index >= 15 is 0 Å². The molecule has 15 heavy (non-hydrogen) atoms. The Balaban J connectivity index is 2.29. The van der Waals surface area contributed by atoms with E-state index in [0.717, 1.165) is 5.20 Å². The molecule has 0 atom stereocenters. The molecule has 0 unspecified atom stereocenters. The van der Waals surface area contributed by atoms with Gasteiger partial charge in [0.15, 0.2) is 0 Å². The molecule has 0 aliphatic rings. The maximum Gasteiger partial charge on any atom is 0.0720 e. The zero-order valence-corrected chi connectivity index (χ0v) is 9.35. The second-order valence-corrected chi connectivity index (χ2v) is 3.87. The third-order valence-corrected chi connectivity index (χ3v) is 2.63. The minimum Gasteiger partial charge on any atom is -0.0622 e. The van der Waals surface area contributed by atoms with Crippen LogP contribution >= 0.6 is 0 Å². The lowest BCUT2D eigenvalue weighted by Gasteiger charge is -2.00. The Morgan fingerprint density at radius 2 is 1.33 bits per heavy atom. The van der Waals surface area contributed by atoms with E-state index in [2.05, 4.69) is 40.6 Å². The van der Waals surface area contributed by atoms with Crippen LogP contribution in [0.15, 0.2) is 60.7 Å². The van der Waals surface area contributed by atoms with Crippen LogP contribution in [-0.4, -0.2) is 10.2 Å². The number of rotatable bonds is 2. The van der Waals surface area contributed by atoms with Crippen LogP contribution in [0.2, 0.25) is 0 Å². The van der Waals surface area contributed by atoms with Crippen molar-refractivity contribution in [1.29, 1.82) is 0 Å². The summed E-state index contributed by atoms with van der Waals surface area (Å²) in [5.41, 5.74) is 2.39. The number of benzene rings is 2. The van der Waals surface area contributed by atoms with Gasteiger partial charge in [-0.15, -0.1) is 0 Å². The lowest BCUT2D eigenvalue weighted by molar-refractivity contribution is 1.64. The molecular weight excluding hydrogens is 196 g/mol. The summed E-state index contributed by atoms with van der Waals surface area (Å²) in [4.78, 5) is 0. The fourth-order valence-electron chi connectivity index (χ4n) is 1.42. The largest absolute Gasteiger partial charge is 0.0720 e. The van der Waals surface area contributed by atoms with Gasteiger partial charge in [-0.2, -0.15) is 0 Å². The summed E-state index contributed by atoms with van der Waals surface area (Å²) in [6, 6.07) is 20.5. The van der Waals surface area contributed by atoms with Crippen molar-refractivity contribution in [3.05, 3.63) is 71.8 Å². The van der Waals surface area contributed by atoms with Crippen molar-refractivity contribution in [3.63, 3.8) is 0 Å². The van der Waals surface area contributed by atoms with Gasteiger partial charge < -0.3 is 0 Å². The van der Waals surface area contributed by atoms with E-state index in [-0.39, 0.29) is 0 Å². The van der Waals surface area contributed by atoms with Gasteiger partial charge in [0.25, 0.3) is 0 Å². The molecule has 0 aliphatic heterocycles. The lowest BCUT2D eigenvalue weighted by atomic mass is 10.1. The van der Waals surface area contributed by atoms with Crippen molar-refractivity contribution >= 4 is 21.5 Å². The van der Waals surface area contributed by atoms with Crippen LogP contribution in [-0.2, 0) is 0 Å². The Kier molecular flexibility index (Phi) is 3.15. The number of hydrogen-bond acceptors (Lipinski definition) is 0. The SMILES string of the molecule is [Si]C(=Cc1ccccc1)c1ccccc1. The molecule has 0 amide bonds. The zero-order valence-electron chi connectivity index (χ0n) is 8.35. The summed E-state index contributed by atoms with van der Waals surface area (Å²) in [6.45, 7) is 0. The molecule has 0 N–H and O–H groups in total.